The summed E-state index contributed by atoms with van der Waals surface area (Å²) in [7, 11) is 0. The summed E-state index contributed by atoms with van der Waals surface area (Å²) in [5.41, 5.74) is 2.07. The molecule has 1 aromatic carbocycles. The predicted molar refractivity (Wildman–Crippen MR) is 68.6 cm³/mol. The highest BCUT2D eigenvalue weighted by Crippen LogP contribution is 2.33. The summed E-state index contributed by atoms with van der Waals surface area (Å²) in [6.07, 6.45) is 1.65. The minimum absolute atomic E-state index is 0.273. The molecule has 1 atom stereocenters. The van der Waals surface area contributed by atoms with Crippen LogP contribution in [0.4, 0.5) is 0 Å². The third-order valence-corrected chi connectivity index (χ3v) is 3.91. The van der Waals surface area contributed by atoms with Gasteiger partial charge in [-0.25, -0.2) is 0 Å². The maximum absolute atomic E-state index is 11.3. The molecule has 3 nitrogen and oxygen atoms in total. The Bertz CT molecular complexity index is 394. The minimum Gasteiger partial charge on any atom is -0.598 e. The summed E-state index contributed by atoms with van der Waals surface area (Å²) in [4.78, 5) is 0. The van der Waals surface area contributed by atoms with E-state index in [0.29, 0.717) is 13.2 Å². The Labute approximate surface area is 107 Å². The van der Waals surface area contributed by atoms with Crippen molar-refractivity contribution in [2.24, 2.45) is 0 Å². The van der Waals surface area contributed by atoms with Gasteiger partial charge in [0.15, 0.2) is 0 Å². The third kappa shape index (κ3) is 2.28. The lowest BCUT2D eigenvalue weighted by Crippen LogP contribution is -2.59. The third-order valence-electron chi connectivity index (χ3n) is 2.74. The Kier molecular flexibility index (Phi) is 3.61. The van der Waals surface area contributed by atoms with Crippen molar-refractivity contribution in [3.8, 4) is 0 Å². The first-order valence-corrected chi connectivity index (χ1v) is 7.34. The van der Waals surface area contributed by atoms with Gasteiger partial charge in [0.2, 0.25) is 0 Å². The van der Waals surface area contributed by atoms with E-state index in [9.17, 15) is 4.55 Å². The molecule has 0 bridgehead atoms. The average Bonchev–Trinajstić information content (AvgIpc) is 2.12. The fourth-order valence-corrected chi connectivity index (χ4v) is 3.27. The summed E-state index contributed by atoms with van der Waals surface area (Å²) in [6.45, 7) is 3.21. The molecule has 1 N–H and O–H groups in total. The second-order valence-electron chi connectivity index (χ2n) is 4.09. The first-order chi connectivity index (χ1) is 7.53. The Balaban J connectivity index is 2.33. The zero-order valence-electron chi connectivity index (χ0n) is 9.25. The van der Waals surface area contributed by atoms with Gasteiger partial charge in [-0.3, -0.25) is 0 Å². The Morgan fingerprint density at radius 1 is 1.50 bits per heavy atom. The fraction of sp³-hybridized carbons (Fsp3) is 0.455. The molecule has 1 aliphatic rings. The van der Waals surface area contributed by atoms with Crippen LogP contribution < -0.4 is 4.72 Å². The molecule has 16 heavy (non-hydrogen) atoms. The van der Waals surface area contributed by atoms with E-state index >= 15 is 0 Å². The molecule has 1 aromatic rings. The van der Waals surface area contributed by atoms with E-state index in [2.05, 4.69) is 39.7 Å². The zero-order valence-corrected chi connectivity index (χ0v) is 11.7. The Morgan fingerprint density at radius 3 is 2.62 bits per heavy atom. The lowest BCUT2D eigenvalue weighted by Gasteiger charge is -2.41. The van der Waals surface area contributed by atoms with Crippen LogP contribution in [-0.4, -0.2) is 24.0 Å². The molecule has 88 valence electrons. The lowest BCUT2D eigenvalue weighted by atomic mass is 9.86. The number of hydrogen-bond donors (Lipinski definition) is 1. The van der Waals surface area contributed by atoms with E-state index in [1.165, 1.54) is 5.56 Å². The molecule has 0 aliphatic carbocycles. The zero-order chi connectivity index (χ0) is 11.8. The molecule has 0 saturated carbocycles. The van der Waals surface area contributed by atoms with Gasteiger partial charge in [0.1, 0.15) is 11.8 Å². The lowest BCUT2D eigenvalue weighted by molar-refractivity contribution is -0.0666. The van der Waals surface area contributed by atoms with Crippen LogP contribution in [0.3, 0.4) is 0 Å². The predicted octanol–water partition coefficient (Wildman–Crippen LogP) is 1.87. The van der Waals surface area contributed by atoms with Gasteiger partial charge in [-0.1, -0.05) is 22.0 Å². The van der Waals surface area contributed by atoms with Crippen molar-refractivity contribution in [1.29, 1.82) is 0 Å². The number of halogens is 1. The van der Waals surface area contributed by atoms with Crippen molar-refractivity contribution in [3.63, 3.8) is 0 Å². The number of benzene rings is 1. The number of ether oxygens (including phenoxy) is 1. The van der Waals surface area contributed by atoms with Gasteiger partial charge in [-0.05, 0) is 30.2 Å². The van der Waals surface area contributed by atoms with Crippen LogP contribution in [0.2, 0.25) is 0 Å². The maximum atomic E-state index is 11.3. The average molecular weight is 304 g/mol. The van der Waals surface area contributed by atoms with Crippen LogP contribution in [-0.2, 0) is 21.6 Å². The number of aryl methyl sites for hydroxylation is 1. The van der Waals surface area contributed by atoms with Gasteiger partial charge in [0.05, 0.1) is 13.2 Å². The van der Waals surface area contributed by atoms with Crippen LogP contribution in [0.25, 0.3) is 0 Å². The summed E-state index contributed by atoms with van der Waals surface area (Å²) in [5, 5.41) is 0. The van der Waals surface area contributed by atoms with E-state index in [1.54, 1.807) is 6.26 Å². The van der Waals surface area contributed by atoms with Crippen molar-refractivity contribution in [2.45, 2.75) is 12.5 Å². The monoisotopic (exact) mass is 303 g/mol. The van der Waals surface area contributed by atoms with E-state index in [1.807, 2.05) is 6.07 Å². The maximum Gasteiger partial charge on any atom is 0.135 e. The van der Waals surface area contributed by atoms with Crippen molar-refractivity contribution < 1.29 is 9.29 Å². The van der Waals surface area contributed by atoms with Crippen molar-refractivity contribution in [1.82, 2.24) is 4.72 Å². The summed E-state index contributed by atoms with van der Waals surface area (Å²) < 4.78 is 20.8. The highest BCUT2D eigenvalue weighted by atomic mass is 79.9. The number of hydrogen-bond acceptors (Lipinski definition) is 3. The highest BCUT2D eigenvalue weighted by molar-refractivity contribution is 9.10. The van der Waals surface area contributed by atoms with Crippen LogP contribution in [0.15, 0.2) is 22.7 Å². The molecule has 2 rings (SSSR count). The van der Waals surface area contributed by atoms with E-state index < -0.39 is 11.4 Å². The summed E-state index contributed by atoms with van der Waals surface area (Å²) in [5.74, 6) is 0. The standard InChI is InChI=1S/C11H14BrNO2S/c1-8-5-9(12)3-4-10(8)11(6-15-7-11)13-16(2)14/h3-5,13H,6-7H2,1-2H3. The molecule has 1 saturated heterocycles. The Hall–Kier alpha value is -0.0700. The minimum atomic E-state index is -1.04. The fourth-order valence-electron chi connectivity index (χ4n) is 2.01. The van der Waals surface area contributed by atoms with Crippen LogP contribution >= 0.6 is 15.9 Å². The molecule has 1 unspecified atom stereocenters. The molecule has 1 heterocycles. The van der Waals surface area contributed by atoms with Gasteiger partial charge in [-0.2, -0.15) is 0 Å². The van der Waals surface area contributed by atoms with Gasteiger partial charge in [0, 0.05) is 15.8 Å². The molecule has 5 heteroatoms. The molecule has 0 spiro atoms. The van der Waals surface area contributed by atoms with Gasteiger partial charge in [0.25, 0.3) is 0 Å². The van der Waals surface area contributed by atoms with Crippen LogP contribution in [0.5, 0.6) is 0 Å². The van der Waals surface area contributed by atoms with E-state index in [-0.39, 0.29) is 5.54 Å². The first kappa shape index (κ1) is 12.4. The quantitative estimate of drug-likeness (QED) is 0.867. The molecule has 0 radical (unpaired) electrons. The van der Waals surface area contributed by atoms with Crippen molar-refractivity contribution in [2.75, 3.05) is 19.5 Å². The van der Waals surface area contributed by atoms with E-state index in [4.69, 9.17) is 4.74 Å². The topological polar surface area (TPSA) is 44.3 Å². The summed E-state index contributed by atoms with van der Waals surface area (Å²) in [6, 6.07) is 6.13. The number of nitrogens with one attached hydrogen (secondary N) is 1. The molecule has 0 aromatic heterocycles. The van der Waals surface area contributed by atoms with Gasteiger partial charge < -0.3 is 9.29 Å². The highest BCUT2D eigenvalue weighted by Gasteiger charge is 2.44. The van der Waals surface area contributed by atoms with Crippen molar-refractivity contribution >= 4 is 27.3 Å². The second-order valence-corrected chi connectivity index (χ2v) is 6.12. The van der Waals surface area contributed by atoms with Crippen LogP contribution in [0, 0.1) is 6.92 Å². The summed E-state index contributed by atoms with van der Waals surface area (Å²) >= 11 is 2.40. The SMILES string of the molecule is Cc1cc(Br)ccc1C1(N[S+](C)[O-])COC1. The normalized spacial score (nSPS) is 20.2. The molecular weight excluding hydrogens is 290 g/mol. The Morgan fingerprint density at radius 2 is 2.19 bits per heavy atom. The van der Waals surface area contributed by atoms with Gasteiger partial charge >= 0.3 is 0 Å². The van der Waals surface area contributed by atoms with Crippen molar-refractivity contribution in [3.05, 3.63) is 33.8 Å². The molecule has 0 amide bonds. The molecule has 1 fully saturated rings. The van der Waals surface area contributed by atoms with E-state index in [0.717, 1.165) is 10.0 Å². The smallest absolute Gasteiger partial charge is 0.135 e. The molecular formula is C11H14BrNO2S. The molecule has 1 aliphatic heterocycles. The van der Waals surface area contributed by atoms with Crippen LogP contribution in [0.1, 0.15) is 11.1 Å². The first-order valence-electron chi connectivity index (χ1n) is 4.99. The number of rotatable bonds is 3. The van der Waals surface area contributed by atoms with Gasteiger partial charge in [-0.15, -0.1) is 4.72 Å². The largest absolute Gasteiger partial charge is 0.598 e. The second kappa shape index (κ2) is 4.66.